The number of rotatable bonds is 3. The Balaban J connectivity index is 1.11. The number of para-hydroxylation sites is 1. The molecule has 0 radical (unpaired) electrons. The predicted octanol–water partition coefficient (Wildman–Crippen LogP) is 11.9. The standard InChI is InChI=1S/C45H28N2OS/c1-2-11-27(12-3-1)35-26-37(46-36-17-7-4-13-29(35)36)32-16-10-19-40-43(32)34-22-21-28(25-41(34)48-40)47-38-18-8-5-15-33(38)44-39(47)24-23-31-30-14-6-9-20-42(30)49-45(31)44/h1-26,36,46H. The molecule has 11 rings (SSSR count). The lowest BCUT2D eigenvalue weighted by Gasteiger charge is -2.29. The second-order valence-electron chi connectivity index (χ2n) is 12.9. The Morgan fingerprint density at radius 2 is 1.47 bits per heavy atom. The molecule has 0 fully saturated rings. The number of benzene rings is 6. The molecule has 1 N–H and O–H groups in total. The van der Waals surface area contributed by atoms with Gasteiger partial charge in [0.2, 0.25) is 0 Å². The molecule has 0 saturated heterocycles. The van der Waals surface area contributed by atoms with Gasteiger partial charge in [-0.25, -0.2) is 0 Å². The van der Waals surface area contributed by atoms with Crippen molar-refractivity contribution in [2.75, 3.05) is 0 Å². The molecule has 9 aromatic rings. The summed E-state index contributed by atoms with van der Waals surface area (Å²) >= 11 is 1.89. The van der Waals surface area contributed by atoms with Crippen LogP contribution in [0.25, 0.3) is 80.9 Å². The van der Waals surface area contributed by atoms with Gasteiger partial charge in [0.25, 0.3) is 0 Å². The fourth-order valence-corrected chi connectivity index (χ4v) is 9.34. The average Bonchev–Trinajstić information content (AvgIpc) is 3.83. The maximum absolute atomic E-state index is 6.67. The Morgan fingerprint density at radius 3 is 2.41 bits per heavy atom. The van der Waals surface area contributed by atoms with Gasteiger partial charge in [0, 0.05) is 64.7 Å². The van der Waals surface area contributed by atoms with Gasteiger partial charge < -0.3 is 14.3 Å². The molecule has 1 atom stereocenters. The fraction of sp³-hybridized carbons (Fsp3) is 0.0222. The Morgan fingerprint density at radius 1 is 0.633 bits per heavy atom. The molecule has 0 amide bonds. The van der Waals surface area contributed by atoms with Crippen LogP contribution in [0.1, 0.15) is 11.1 Å². The summed E-state index contributed by atoms with van der Waals surface area (Å²) in [6.07, 6.45) is 11.0. The Bertz CT molecular complexity index is 2960. The summed E-state index contributed by atoms with van der Waals surface area (Å²) in [7, 11) is 0. The Kier molecular flexibility index (Phi) is 5.60. The zero-order valence-corrected chi connectivity index (χ0v) is 27.2. The summed E-state index contributed by atoms with van der Waals surface area (Å²) < 4.78 is 11.7. The zero-order chi connectivity index (χ0) is 32.1. The van der Waals surface area contributed by atoms with Crippen molar-refractivity contribution in [1.29, 1.82) is 0 Å². The van der Waals surface area contributed by atoms with E-state index in [9.17, 15) is 0 Å². The van der Waals surface area contributed by atoms with Crippen molar-refractivity contribution >= 4 is 86.5 Å². The highest BCUT2D eigenvalue weighted by molar-refractivity contribution is 7.26. The summed E-state index contributed by atoms with van der Waals surface area (Å²) in [5.74, 6) is 0. The molecule has 0 spiro atoms. The number of hydrogen-bond donors (Lipinski definition) is 1. The monoisotopic (exact) mass is 644 g/mol. The smallest absolute Gasteiger partial charge is 0.137 e. The number of allylic oxidation sites excluding steroid dienone is 4. The molecule has 3 aromatic heterocycles. The number of hydrogen-bond acceptors (Lipinski definition) is 3. The maximum Gasteiger partial charge on any atom is 0.137 e. The molecule has 3 nitrogen and oxygen atoms in total. The van der Waals surface area contributed by atoms with E-state index < -0.39 is 0 Å². The molecular formula is C45H28N2OS. The lowest BCUT2D eigenvalue weighted by molar-refractivity contribution is 0.668. The number of fused-ring (bicyclic) bond motifs is 11. The summed E-state index contributed by atoms with van der Waals surface area (Å²) in [4.78, 5) is 0. The maximum atomic E-state index is 6.67. The first kappa shape index (κ1) is 26.9. The number of thiophene rings is 1. The van der Waals surface area contributed by atoms with Crippen LogP contribution in [0.4, 0.5) is 0 Å². The fourth-order valence-electron chi connectivity index (χ4n) is 8.08. The molecule has 1 unspecified atom stereocenters. The van der Waals surface area contributed by atoms with Crippen molar-refractivity contribution in [3.63, 3.8) is 0 Å². The van der Waals surface area contributed by atoms with E-state index in [0.29, 0.717) is 0 Å². The third-order valence-electron chi connectivity index (χ3n) is 10.2. The van der Waals surface area contributed by atoms with Crippen molar-refractivity contribution in [3.8, 4) is 5.69 Å². The molecule has 1 aliphatic carbocycles. The van der Waals surface area contributed by atoms with E-state index in [1.807, 2.05) is 11.3 Å². The van der Waals surface area contributed by atoms with Crippen LogP contribution in [-0.2, 0) is 0 Å². The minimum Gasteiger partial charge on any atom is -0.456 e. The van der Waals surface area contributed by atoms with E-state index in [2.05, 4.69) is 168 Å². The van der Waals surface area contributed by atoms with Crippen molar-refractivity contribution in [3.05, 3.63) is 174 Å². The van der Waals surface area contributed by atoms with Gasteiger partial charge in [0.05, 0.1) is 17.1 Å². The van der Waals surface area contributed by atoms with Crippen molar-refractivity contribution in [1.82, 2.24) is 9.88 Å². The van der Waals surface area contributed by atoms with Crippen LogP contribution in [0.3, 0.4) is 0 Å². The lowest BCUT2D eigenvalue weighted by atomic mass is 9.87. The van der Waals surface area contributed by atoms with E-state index in [1.165, 1.54) is 58.7 Å². The third kappa shape index (κ3) is 3.89. The summed E-state index contributed by atoms with van der Waals surface area (Å²) in [6, 6.07) is 46.0. The van der Waals surface area contributed by atoms with Crippen molar-refractivity contribution in [2.24, 2.45) is 0 Å². The van der Waals surface area contributed by atoms with Crippen molar-refractivity contribution < 1.29 is 4.42 Å². The van der Waals surface area contributed by atoms with Gasteiger partial charge in [0.15, 0.2) is 0 Å². The Hall–Kier alpha value is -6.10. The van der Waals surface area contributed by atoms with Crippen LogP contribution in [-0.4, -0.2) is 10.6 Å². The number of furan rings is 1. The molecule has 49 heavy (non-hydrogen) atoms. The van der Waals surface area contributed by atoms with Crippen LogP contribution in [0, 0.1) is 0 Å². The third-order valence-corrected chi connectivity index (χ3v) is 11.4. The highest BCUT2D eigenvalue weighted by Crippen LogP contribution is 2.44. The molecule has 6 aromatic carbocycles. The summed E-state index contributed by atoms with van der Waals surface area (Å²) in [5.41, 5.74) is 11.2. The van der Waals surface area contributed by atoms with Crippen LogP contribution >= 0.6 is 11.3 Å². The first-order valence-electron chi connectivity index (χ1n) is 16.7. The van der Waals surface area contributed by atoms with E-state index in [4.69, 9.17) is 4.42 Å². The van der Waals surface area contributed by atoms with Crippen LogP contribution in [0.2, 0.25) is 0 Å². The van der Waals surface area contributed by atoms with Gasteiger partial charge in [-0.1, -0.05) is 109 Å². The lowest BCUT2D eigenvalue weighted by Crippen LogP contribution is -2.31. The SMILES string of the molecule is C1=CC2=C(c3ccccc3)C=C(c3cccc4oc5cc(-n6c7ccccc7c7c8sc9ccccc9c8ccc76)ccc5c34)NC2C=C1. The van der Waals surface area contributed by atoms with Gasteiger partial charge >= 0.3 is 0 Å². The van der Waals surface area contributed by atoms with Gasteiger partial charge in [-0.15, -0.1) is 11.3 Å². The molecule has 0 bridgehead atoms. The van der Waals surface area contributed by atoms with E-state index in [-0.39, 0.29) is 6.04 Å². The highest BCUT2D eigenvalue weighted by Gasteiger charge is 2.25. The number of nitrogens with one attached hydrogen (secondary N) is 1. The molecular weight excluding hydrogens is 617 g/mol. The quantitative estimate of drug-likeness (QED) is 0.207. The highest BCUT2D eigenvalue weighted by atomic mass is 32.1. The molecule has 4 heterocycles. The van der Waals surface area contributed by atoms with Gasteiger partial charge in [0.1, 0.15) is 11.2 Å². The number of aromatic nitrogens is 1. The van der Waals surface area contributed by atoms with E-state index in [1.54, 1.807) is 0 Å². The van der Waals surface area contributed by atoms with Gasteiger partial charge in [-0.05, 0) is 59.2 Å². The molecule has 0 saturated carbocycles. The van der Waals surface area contributed by atoms with Gasteiger partial charge in [-0.3, -0.25) is 0 Å². The molecule has 230 valence electrons. The first-order chi connectivity index (χ1) is 24.3. The van der Waals surface area contributed by atoms with Crippen LogP contribution < -0.4 is 5.32 Å². The number of nitrogens with zero attached hydrogens (tertiary/aromatic N) is 1. The second kappa shape index (κ2) is 10.2. The summed E-state index contributed by atoms with van der Waals surface area (Å²) in [6.45, 7) is 0. The number of dihydropyridines is 1. The minimum absolute atomic E-state index is 0.0999. The molecule has 1 aliphatic heterocycles. The van der Waals surface area contributed by atoms with Crippen LogP contribution in [0.5, 0.6) is 0 Å². The predicted molar refractivity (Wildman–Crippen MR) is 207 cm³/mol. The van der Waals surface area contributed by atoms with E-state index in [0.717, 1.165) is 38.9 Å². The van der Waals surface area contributed by atoms with Crippen LogP contribution in [0.15, 0.2) is 168 Å². The molecule has 4 heteroatoms. The topological polar surface area (TPSA) is 30.1 Å². The molecule has 2 aliphatic rings. The second-order valence-corrected chi connectivity index (χ2v) is 14.0. The summed E-state index contributed by atoms with van der Waals surface area (Å²) in [5, 5.41) is 11.3. The minimum atomic E-state index is 0.0999. The van der Waals surface area contributed by atoms with Gasteiger partial charge in [-0.2, -0.15) is 0 Å². The first-order valence-corrected chi connectivity index (χ1v) is 17.5. The Labute approximate surface area is 286 Å². The average molecular weight is 645 g/mol. The normalized spacial score (nSPS) is 16.0. The largest absolute Gasteiger partial charge is 0.456 e. The van der Waals surface area contributed by atoms with Crippen molar-refractivity contribution in [2.45, 2.75) is 6.04 Å². The van der Waals surface area contributed by atoms with E-state index >= 15 is 0 Å². The zero-order valence-electron chi connectivity index (χ0n) is 26.4.